The van der Waals surface area contributed by atoms with Crippen LogP contribution in [0.5, 0.6) is 0 Å². The predicted molar refractivity (Wildman–Crippen MR) is 203 cm³/mol. The van der Waals surface area contributed by atoms with Crippen molar-refractivity contribution in [3.05, 3.63) is 0 Å². The highest BCUT2D eigenvalue weighted by Gasteiger charge is 2.44. The second kappa shape index (κ2) is 33.3. The van der Waals surface area contributed by atoms with Crippen LogP contribution in [0.25, 0.3) is 0 Å². The smallest absolute Gasteiger partial charge is 0.306 e. The van der Waals surface area contributed by atoms with Crippen molar-refractivity contribution in [2.24, 2.45) is 5.73 Å². The molecular formula is C41H79NO9. The van der Waals surface area contributed by atoms with Gasteiger partial charge in [0, 0.05) is 19.4 Å². The van der Waals surface area contributed by atoms with Gasteiger partial charge in [0.1, 0.15) is 31.0 Å². The van der Waals surface area contributed by atoms with Gasteiger partial charge in [0.15, 0.2) is 12.4 Å². The van der Waals surface area contributed by atoms with Gasteiger partial charge in [-0.2, -0.15) is 0 Å². The number of hydrogen-bond donors (Lipinski definition) is 4. The molecule has 6 atom stereocenters. The lowest BCUT2D eigenvalue weighted by Crippen LogP contribution is -2.60. The number of carbonyl (C=O) groups excluding carboxylic acids is 2. The second-order valence-corrected chi connectivity index (χ2v) is 14.9. The predicted octanol–water partition coefficient (Wildman–Crippen LogP) is 8.19. The van der Waals surface area contributed by atoms with E-state index in [9.17, 15) is 24.9 Å². The molecule has 1 rings (SSSR count). The third-order valence-corrected chi connectivity index (χ3v) is 10.0. The molecule has 1 saturated heterocycles. The van der Waals surface area contributed by atoms with Gasteiger partial charge in [0.25, 0.3) is 0 Å². The molecule has 0 saturated carbocycles. The molecule has 1 heterocycles. The molecule has 0 aromatic carbocycles. The van der Waals surface area contributed by atoms with Crippen LogP contribution in [-0.2, 0) is 28.5 Å². The maximum atomic E-state index is 12.7. The first-order chi connectivity index (χ1) is 24.8. The maximum absolute atomic E-state index is 12.7. The Morgan fingerprint density at radius 1 is 0.549 bits per heavy atom. The van der Waals surface area contributed by atoms with Crippen molar-refractivity contribution in [3.8, 4) is 0 Å². The van der Waals surface area contributed by atoms with Crippen LogP contribution in [0.15, 0.2) is 0 Å². The number of hydrogen-bond acceptors (Lipinski definition) is 10. The van der Waals surface area contributed by atoms with Crippen molar-refractivity contribution in [2.75, 3.05) is 19.8 Å². The number of rotatable bonds is 35. The molecule has 0 aromatic heterocycles. The fourth-order valence-electron chi connectivity index (χ4n) is 6.64. The molecule has 1 unspecified atom stereocenters. The Balaban J connectivity index is 2.35. The van der Waals surface area contributed by atoms with Crippen molar-refractivity contribution in [1.29, 1.82) is 0 Å². The van der Waals surface area contributed by atoms with Crippen molar-refractivity contribution in [1.82, 2.24) is 0 Å². The SMILES string of the molecule is CCCCCCCCCCCCCCCC(=O)OCC(CO[C@H]1O[C@H](CN)[C@@H](O)[C@H](O)[C@H]1O)OC(=O)CCCCCCCCCCCCCCC. The van der Waals surface area contributed by atoms with Crippen LogP contribution in [0.1, 0.15) is 194 Å². The quantitative estimate of drug-likeness (QED) is 0.0370. The van der Waals surface area contributed by atoms with E-state index in [-0.39, 0.29) is 32.1 Å². The molecule has 0 amide bonds. The summed E-state index contributed by atoms with van der Waals surface area (Å²) in [5, 5.41) is 30.7. The van der Waals surface area contributed by atoms with Crippen LogP contribution in [0.3, 0.4) is 0 Å². The fraction of sp³-hybridized carbons (Fsp3) is 0.951. The first-order valence-corrected chi connectivity index (χ1v) is 21.2. The van der Waals surface area contributed by atoms with E-state index in [1.165, 1.54) is 128 Å². The highest BCUT2D eigenvalue weighted by Crippen LogP contribution is 2.22. The molecule has 1 aliphatic heterocycles. The monoisotopic (exact) mass is 730 g/mol. The zero-order valence-corrected chi connectivity index (χ0v) is 32.8. The van der Waals surface area contributed by atoms with Crippen molar-refractivity contribution in [3.63, 3.8) is 0 Å². The summed E-state index contributed by atoms with van der Waals surface area (Å²) in [4.78, 5) is 25.2. The Kier molecular flexibility index (Phi) is 31.1. The van der Waals surface area contributed by atoms with Gasteiger partial charge in [-0.3, -0.25) is 9.59 Å². The number of aliphatic hydroxyl groups is 3. The average molecular weight is 730 g/mol. The summed E-state index contributed by atoms with van der Waals surface area (Å²) in [6.07, 6.45) is 24.7. The van der Waals surface area contributed by atoms with Crippen LogP contribution < -0.4 is 5.73 Å². The molecular weight excluding hydrogens is 650 g/mol. The number of aliphatic hydroxyl groups excluding tert-OH is 3. The molecule has 0 radical (unpaired) electrons. The molecule has 302 valence electrons. The number of carbonyl (C=O) groups is 2. The van der Waals surface area contributed by atoms with Gasteiger partial charge in [-0.05, 0) is 12.8 Å². The molecule has 0 spiro atoms. The summed E-state index contributed by atoms with van der Waals surface area (Å²) in [5.74, 6) is -0.758. The molecule has 0 aliphatic carbocycles. The van der Waals surface area contributed by atoms with Crippen LogP contribution in [-0.4, -0.2) is 83.8 Å². The molecule has 0 aromatic rings. The summed E-state index contributed by atoms with van der Waals surface area (Å²) in [7, 11) is 0. The summed E-state index contributed by atoms with van der Waals surface area (Å²) < 4.78 is 22.3. The highest BCUT2D eigenvalue weighted by atomic mass is 16.7. The van der Waals surface area contributed by atoms with Gasteiger partial charge in [0.2, 0.25) is 0 Å². The molecule has 5 N–H and O–H groups in total. The van der Waals surface area contributed by atoms with Crippen molar-refractivity contribution in [2.45, 2.75) is 230 Å². The van der Waals surface area contributed by atoms with Crippen molar-refractivity contribution >= 4 is 11.9 Å². The molecule has 1 fully saturated rings. The lowest BCUT2D eigenvalue weighted by molar-refractivity contribution is -0.299. The number of unbranched alkanes of at least 4 members (excludes halogenated alkanes) is 24. The van der Waals surface area contributed by atoms with Crippen LogP contribution in [0.2, 0.25) is 0 Å². The Morgan fingerprint density at radius 3 is 1.35 bits per heavy atom. The number of nitrogens with two attached hydrogens (primary N) is 1. The summed E-state index contributed by atoms with van der Waals surface area (Å²) in [6, 6.07) is 0. The second-order valence-electron chi connectivity index (χ2n) is 14.9. The van der Waals surface area contributed by atoms with E-state index in [1.54, 1.807) is 0 Å². The van der Waals surface area contributed by atoms with E-state index in [1.807, 2.05) is 0 Å². The average Bonchev–Trinajstić information content (AvgIpc) is 3.13. The van der Waals surface area contributed by atoms with E-state index in [0.29, 0.717) is 6.42 Å². The summed E-state index contributed by atoms with van der Waals surface area (Å²) in [5.41, 5.74) is 5.64. The largest absolute Gasteiger partial charge is 0.462 e. The van der Waals surface area contributed by atoms with E-state index in [0.717, 1.165) is 38.5 Å². The van der Waals surface area contributed by atoms with Gasteiger partial charge in [-0.15, -0.1) is 0 Å². The Morgan fingerprint density at radius 2 is 0.941 bits per heavy atom. The lowest BCUT2D eigenvalue weighted by atomic mass is 9.99. The lowest BCUT2D eigenvalue weighted by Gasteiger charge is -2.40. The Hall–Kier alpha value is -1.30. The van der Waals surface area contributed by atoms with Crippen molar-refractivity contribution < 1.29 is 43.9 Å². The van der Waals surface area contributed by atoms with Crippen LogP contribution >= 0.6 is 0 Å². The van der Waals surface area contributed by atoms with Gasteiger partial charge in [0.05, 0.1) is 6.61 Å². The minimum Gasteiger partial charge on any atom is -0.462 e. The number of ether oxygens (including phenoxy) is 4. The van der Waals surface area contributed by atoms with E-state index >= 15 is 0 Å². The number of esters is 2. The molecule has 1 aliphatic rings. The third kappa shape index (κ3) is 25.4. The molecule has 51 heavy (non-hydrogen) atoms. The normalized spacial score (nSPS) is 21.1. The zero-order valence-electron chi connectivity index (χ0n) is 32.8. The topological polar surface area (TPSA) is 158 Å². The van der Waals surface area contributed by atoms with Crippen LogP contribution in [0.4, 0.5) is 0 Å². The molecule has 10 heteroatoms. The maximum Gasteiger partial charge on any atom is 0.306 e. The van der Waals surface area contributed by atoms with Gasteiger partial charge >= 0.3 is 11.9 Å². The van der Waals surface area contributed by atoms with E-state index < -0.39 is 42.8 Å². The Labute approximate surface area is 311 Å². The molecule has 10 nitrogen and oxygen atoms in total. The minimum atomic E-state index is -1.52. The Bertz CT molecular complexity index is 814. The minimum absolute atomic E-state index is 0.0842. The first kappa shape index (κ1) is 47.7. The van der Waals surface area contributed by atoms with E-state index in [2.05, 4.69) is 13.8 Å². The summed E-state index contributed by atoms with van der Waals surface area (Å²) in [6.45, 7) is 4.00. The van der Waals surface area contributed by atoms with Crippen LogP contribution in [0, 0.1) is 0 Å². The third-order valence-electron chi connectivity index (χ3n) is 10.0. The summed E-state index contributed by atoms with van der Waals surface area (Å²) >= 11 is 0. The fourth-order valence-corrected chi connectivity index (χ4v) is 6.64. The van der Waals surface area contributed by atoms with Gasteiger partial charge in [-0.25, -0.2) is 0 Å². The van der Waals surface area contributed by atoms with Gasteiger partial charge < -0.3 is 40.0 Å². The first-order valence-electron chi connectivity index (χ1n) is 21.2. The van der Waals surface area contributed by atoms with Gasteiger partial charge in [-0.1, -0.05) is 168 Å². The van der Waals surface area contributed by atoms with E-state index in [4.69, 9.17) is 24.7 Å². The zero-order chi connectivity index (χ0) is 37.4. The molecule has 0 bridgehead atoms. The standard InChI is InChI=1S/C41H79NO9/c1-3-5-7-9-11-13-15-17-19-21-23-25-27-29-36(43)48-32-34(33-49-41-40(47)39(46)38(45)35(31-42)51-41)50-37(44)30-28-26-24-22-20-18-16-14-12-10-8-6-4-2/h34-35,38-41,45-47H,3-33,42H2,1-2H3/t34?,35-,38-,39+,40-,41+/m1/s1. The highest BCUT2D eigenvalue weighted by molar-refractivity contribution is 5.70.